The first-order chi connectivity index (χ1) is 8.72. The highest BCUT2D eigenvalue weighted by Crippen LogP contribution is 2.30. The lowest BCUT2D eigenvalue weighted by Gasteiger charge is -2.19. The second-order valence-corrected chi connectivity index (χ2v) is 5.31. The van der Waals surface area contributed by atoms with Gasteiger partial charge in [0.05, 0.1) is 6.54 Å². The lowest BCUT2D eigenvalue weighted by Crippen LogP contribution is -2.37. The van der Waals surface area contributed by atoms with Crippen LogP contribution in [0.25, 0.3) is 0 Å². The summed E-state index contributed by atoms with van der Waals surface area (Å²) < 4.78 is 0. The summed E-state index contributed by atoms with van der Waals surface area (Å²) in [6.07, 6.45) is 3.54. The number of hydrogen-bond donors (Lipinski definition) is 2. The van der Waals surface area contributed by atoms with Gasteiger partial charge in [0.15, 0.2) is 0 Å². The van der Waals surface area contributed by atoms with Crippen LogP contribution in [0.2, 0.25) is 0 Å². The maximum Gasteiger partial charge on any atom is 0.239 e. The van der Waals surface area contributed by atoms with Crippen molar-refractivity contribution >= 4 is 17.3 Å². The molecule has 1 aromatic rings. The highest BCUT2D eigenvalue weighted by molar-refractivity contribution is 5.82. The number of carbonyl (C=O) groups is 1. The molecule has 1 aliphatic carbocycles. The van der Waals surface area contributed by atoms with E-state index in [2.05, 4.69) is 16.3 Å². The summed E-state index contributed by atoms with van der Waals surface area (Å²) in [7, 11) is 0. The van der Waals surface area contributed by atoms with Gasteiger partial charge in [0.1, 0.15) is 0 Å². The second kappa shape index (κ2) is 4.52. The quantitative estimate of drug-likeness (QED) is 0.783. The Morgan fingerprint density at radius 1 is 1.44 bits per heavy atom. The van der Waals surface area contributed by atoms with Crippen LogP contribution in [0.1, 0.15) is 18.4 Å². The van der Waals surface area contributed by atoms with E-state index in [4.69, 9.17) is 5.73 Å². The van der Waals surface area contributed by atoms with E-state index in [-0.39, 0.29) is 5.91 Å². The van der Waals surface area contributed by atoms with Crippen molar-refractivity contribution in [3.05, 3.63) is 23.8 Å². The summed E-state index contributed by atoms with van der Waals surface area (Å²) >= 11 is 0. The number of fused-ring (bicyclic) bond motifs is 1. The topological polar surface area (TPSA) is 58.4 Å². The Hall–Kier alpha value is -1.71. The zero-order valence-electron chi connectivity index (χ0n) is 10.5. The molecule has 0 bridgehead atoms. The molecular formula is C14H19N3O. The summed E-state index contributed by atoms with van der Waals surface area (Å²) in [5.74, 6) is 0.854. The van der Waals surface area contributed by atoms with Crippen molar-refractivity contribution in [1.29, 1.82) is 0 Å². The molecule has 0 saturated heterocycles. The maximum atomic E-state index is 11.8. The minimum Gasteiger partial charge on any atom is -0.399 e. The lowest BCUT2D eigenvalue weighted by atomic mass is 10.1. The fraction of sp³-hybridized carbons (Fsp3) is 0.500. The first kappa shape index (κ1) is 11.4. The molecule has 0 radical (unpaired) electrons. The van der Waals surface area contributed by atoms with Crippen molar-refractivity contribution in [3.8, 4) is 0 Å². The maximum absolute atomic E-state index is 11.8. The minimum absolute atomic E-state index is 0.122. The van der Waals surface area contributed by atoms with Crippen LogP contribution in [0.3, 0.4) is 0 Å². The molecule has 0 spiro atoms. The predicted octanol–water partition coefficient (Wildman–Crippen LogP) is 1.16. The largest absolute Gasteiger partial charge is 0.399 e. The fourth-order valence-electron chi connectivity index (χ4n) is 2.44. The molecule has 2 aliphatic rings. The zero-order chi connectivity index (χ0) is 12.5. The molecule has 1 saturated carbocycles. The third-order valence-electron chi connectivity index (χ3n) is 3.72. The van der Waals surface area contributed by atoms with Crippen LogP contribution < -0.4 is 16.0 Å². The number of anilines is 2. The van der Waals surface area contributed by atoms with E-state index < -0.39 is 0 Å². The molecule has 1 fully saturated rings. The number of amides is 1. The predicted molar refractivity (Wildman–Crippen MR) is 72.5 cm³/mol. The average Bonchev–Trinajstić information content (AvgIpc) is 3.11. The van der Waals surface area contributed by atoms with Gasteiger partial charge in [-0.3, -0.25) is 4.79 Å². The molecule has 3 N–H and O–H groups in total. The van der Waals surface area contributed by atoms with Crippen LogP contribution in [0, 0.1) is 5.92 Å². The van der Waals surface area contributed by atoms with Crippen LogP contribution in [-0.2, 0) is 11.2 Å². The first-order valence-corrected chi connectivity index (χ1v) is 6.62. The van der Waals surface area contributed by atoms with Crippen LogP contribution >= 0.6 is 0 Å². The lowest BCUT2D eigenvalue weighted by molar-refractivity contribution is -0.119. The van der Waals surface area contributed by atoms with Crippen molar-refractivity contribution in [2.45, 2.75) is 19.3 Å². The second-order valence-electron chi connectivity index (χ2n) is 5.31. The van der Waals surface area contributed by atoms with E-state index in [1.807, 2.05) is 12.1 Å². The number of nitrogens with zero attached hydrogens (tertiary/aromatic N) is 1. The Morgan fingerprint density at radius 3 is 3.06 bits per heavy atom. The van der Waals surface area contributed by atoms with Gasteiger partial charge in [-0.2, -0.15) is 0 Å². The summed E-state index contributed by atoms with van der Waals surface area (Å²) in [6, 6.07) is 5.96. The van der Waals surface area contributed by atoms with Crippen molar-refractivity contribution in [2.75, 3.05) is 30.3 Å². The average molecular weight is 245 g/mol. The number of nitrogen functional groups attached to an aromatic ring is 1. The van der Waals surface area contributed by atoms with Gasteiger partial charge in [0, 0.05) is 24.5 Å². The van der Waals surface area contributed by atoms with Gasteiger partial charge in [-0.15, -0.1) is 0 Å². The van der Waals surface area contributed by atoms with Crippen LogP contribution in [0.5, 0.6) is 0 Å². The molecule has 1 amide bonds. The third kappa shape index (κ3) is 2.42. The van der Waals surface area contributed by atoms with E-state index in [0.717, 1.165) is 36.8 Å². The zero-order valence-corrected chi connectivity index (χ0v) is 10.5. The number of rotatable bonds is 4. The Balaban J connectivity index is 1.60. The summed E-state index contributed by atoms with van der Waals surface area (Å²) in [4.78, 5) is 14.0. The fourth-order valence-corrected chi connectivity index (χ4v) is 2.44. The van der Waals surface area contributed by atoms with Gasteiger partial charge in [-0.1, -0.05) is 6.07 Å². The molecular weight excluding hydrogens is 226 g/mol. The number of nitrogens with two attached hydrogens (primary N) is 1. The van der Waals surface area contributed by atoms with Crippen molar-refractivity contribution in [1.82, 2.24) is 5.32 Å². The van der Waals surface area contributed by atoms with E-state index >= 15 is 0 Å². The SMILES string of the molecule is Nc1ccc2c(c1)N(CC(=O)NCC1CC1)CC2. The molecule has 1 aromatic carbocycles. The molecule has 0 atom stereocenters. The Morgan fingerprint density at radius 2 is 2.28 bits per heavy atom. The molecule has 4 heteroatoms. The van der Waals surface area contributed by atoms with E-state index in [9.17, 15) is 4.79 Å². The molecule has 1 heterocycles. The van der Waals surface area contributed by atoms with Gasteiger partial charge < -0.3 is 16.0 Å². The molecule has 1 aliphatic heterocycles. The van der Waals surface area contributed by atoms with Crippen LogP contribution in [0.4, 0.5) is 11.4 Å². The molecule has 18 heavy (non-hydrogen) atoms. The van der Waals surface area contributed by atoms with Gasteiger partial charge >= 0.3 is 0 Å². The number of hydrogen-bond acceptors (Lipinski definition) is 3. The monoisotopic (exact) mass is 245 g/mol. The standard InChI is InChI=1S/C14H19N3O/c15-12-4-3-11-5-6-17(13(11)7-12)9-14(18)16-8-10-1-2-10/h3-4,7,10H,1-2,5-6,8-9,15H2,(H,16,18). The highest BCUT2D eigenvalue weighted by Gasteiger charge is 2.24. The van der Waals surface area contributed by atoms with Crippen LogP contribution in [-0.4, -0.2) is 25.5 Å². The molecule has 4 nitrogen and oxygen atoms in total. The minimum atomic E-state index is 0.122. The molecule has 96 valence electrons. The Bertz CT molecular complexity index is 468. The molecule has 0 unspecified atom stereocenters. The van der Waals surface area contributed by atoms with E-state index in [1.165, 1.54) is 18.4 Å². The smallest absolute Gasteiger partial charge is 0.239 e. The highest BCUT2D eigenvalue weighted by atomic mass is 16.2. The van der Waals surface area contributed by atoms with Crippen LogP contribution in [0.15, 0.2) is 18.2 Å². The summed E-state index contributed by atoms with van der Waals surface area (Å²) in [5.41, 5.74) is 8.98. The van der Waals surface area contributed by atoms with E-state index in [1.54, 1.807) is 0 Å². The van der Waals surface area contributed by atoms with E-state index in [0.29, 0.717) is 6.54 Å². The van der Waals surface area contributed by atoms with Gasteiger partial charge in [0.2, 0.25) is 5.91 Å². The summed E-state index contributed by atoms with van der Waals surface area (Å²) in [6.45, 7) is 2.20. The number of benzene rings is 1. The summed E-state index contributed by atoms with van der Waals surface area (Å²) in [5, 5.41) is 3.01. The molecule has 0 aromatic heterocycles. The number of carbonyl (C=O) groups excluding carboxylic acids is 1. The first-order valence-electron chi connectivity index (χ1n) is 6.62. The Kier molecular flexibility index (Phi) is 2.86. The molecule has 3 rings (SSSR count). The normalized spacial score (nSPS) is 17.7. The van der Waals surface area contributed by atoms with Crippen molar-refractivity contribution < 1.29 is 4.79 Å². The van der Waals surface area contributed by atoms with Crippen molar-refractivity contribution in [3.63, 3.8) is 0 Å². The van der Waals surface area contributed by atoms with Crippen molar-refractivity contribution in [2.24, 2.45) is 5.92 Å². The third-order valence-corrected chi connectivity index (χ3v) is 3.72. The van der Waals surface area contributed by atoms with Gasteiger partial charge in [0.25, 0.3) is 0 Å². The van der Waals surface area contributed by atoms with Gasteiger partial charge in [-0.25, -0.2) is 0 Å². The van der Waals surface area contributed by atoms with Gasteiger partial charge in [-0.05, 0) is 42.9 Å². The Labute approximate surface area is 107 Å². The number of nitrogens with one attached hydrogen (secondary N) is 1.